The minimum atomic E-state index is -0.250. The molecule has 2 aliphatic rings. The Labute approximate surface area is 211 Å². The molecule has 2 amide bonds. The van der Waals surface area contributed by atoms with E-state index in [4.69, 9.17) is 10.5 Å². The predicted octanol–water partition coefficient (Wildman–Crippen LogP) is 4.55. The first kappa shape index (κ1) is 23.7. The van der Waals surface area contributed by atoms with Crippen molar-refractivity contribution in [3.8, 4) is 0 Å². The molecule has 1 spiro atoms. The van der Waals surface area contributed by atoms with Crippen LogP contribution >= 0.6 is 0 Å². The molecule has 2 aromatic carbocycles. The van der Waals surface area contributed by atoms with E-state index in [-0.39, 0.29) is 24.0 Å². The summed E-state index contributed by atoms with van der Waals surface area (Å²) in [5.74, 6) is 0.595. The van der Waals surface area contributed by atoms with Gasteiger partial charge in [-0.3, -0.25) is 4.79 Å². The molecule has 0 radical (unpaired) electrons. The SMILES string of the molecule is Nc1ccccc1NC(=O)c1ccc(N2CCCC3(CCN(C(=O)OCc4ccccc4)C3)C2)nc1. The Morgan fingerprint density at radius 3 is 2.56 bits per heavy atom. The topological polar surface area (TPSA) is 101 Å². The van der Waals surface area contributed by atoms with E-state index in [2.05, 4.69) is 15.2 Å². The number of hydrogen-bond donors (Lipinski definition) is 2. The highest BCUT2D eigenvalue weighted by molar-refractivity contribution is 6.05. The Morgan fingerprint density at radius 1 is 0.972 bits per heavy atom. The van der Waals surface area contributed by atoms with Gasteiger partial charge in [0.1, 0.15) is 12.4 Å². The van der Waals surface area contributed by atoms with Crippen LogP contribution in [0.25, 0.3) is 0 Å². The lowest BCUT2D eigenvalue weighted by atomic mass is 9.79. The highest BCUT2D eigenvalue weighted by Gasteiger charge is 2.43. The third kappa shape index (κ3) is 5.27. The number of nitrogens with one attached hydrogen (secondary N) is 1. The summed E-state index contributed by atoms with van der Waals surface area (Å²) in [6, 6.07) is 20.6. The predicted molar refractivity (Wildman–Crippen MR) is 140 cm³/mol. The van der Waals surface area contributed by atoms with E-state index in [9.17, 15) is 9.59 Å². The highest BCUT2D eigenvalue weighted by atomic mass is 16.6. The maximum atomic E-state index is 12.7. The van der Waals surface area contributed by atoms with Crippen molar-refractivity contribution in [3.05, 3.63) is 84.1 Å². The monoisotopic (exact) mass is 485 g/mol. The summed E-state index contributed by atoms with van der Waals surface area (Å²) in [7, 11) is 0. The number of hydrogen-bond acceptors (Lipinski definition) is 6. The molecule has 3 heterocycles. The number of nitrogens with two attached hydrogens (primary N) is 1. The average molecular weight is 486 g/mol. The normalized spacial score (nSPS) is 19.3. The third-order valence-electron chi connectivity index (χ3n) is 7.11. The van der Waals surface area contributed by atoms with Crippen LogP contribution in [0.15, 0.2) is 72.9 Å². The molecule has 0 aliphatic carbocycles. The molecule has 36 heavy (non-hydrogen) atoms. The number of aromatic nitrogens is 1. The first-order chi connectivity index (χ1) is 17.5. The molecule has 2 fully saturated rings. The number of ether oxygens (including phenoxy) is 1. The van der Waals surface area contributed by atoms with Crippen LogP contribution in [0.5, 0.6) is 0 Å². The van der Waals surface area contributed by atoms with Gasteiger partial charge in [-0.1, -0.05) is 42.5 Å². The molecular formula is C28H31N5O3. The Balaban J connectivity index is 1.18. The van der Waals surface area contributed by atoms with Gasteiger partial charge in [0.25, 0.3) is 5.91 Å². The van der Waals surface area contributed by atoms with Gasteiger partial charge in [-0.25, -0.2) is 9.78 Å². The van der Waals surface area contributed by atoms with E-state index in [1.54, 1.807) is 24.4 Å². The zero-order valence-electron chi connectivity index (χ0n) is 20.2. The first-order valence-electron chi connectivity index (χ1n) is 12.3. The molecule has 8 heteroatoms. The molecule has 0 bridgehead atoms. The minimum absolute atomic E-state index is 0.0343. The van der Waals surface area contributed by atoms with Gasteiger partial charge in [0, 0.05) is 37.8 Å². The van der Waals surface area contributed by atoms with Crippen LogP contribution in [0.3, 0.4) is 0 Å². The molecule has 0 saturated carbocycles. The second-order valence-electron chi connectivity index (χ2n) is 9.68. The molecule has 3 N–H and O–H groups in total. The van der Waals surface area contributed by atoms with Gasteiger partial charge < -0.3 is 25.6 Å². The van der Waals surface area contributed by atoms with E-state index in [1.807, 2.05) is 53.4 Å². The summed E-state index contributed by atoms with van der Waals surface area (Å²) in [6.45, 7) is 3.41. The number of amides is 2. The Bertz CT molecular complexity index is 1220. The van der Waals surface area contributed by atoms with Crippen LogP contribution in [-0.4, -0.2) is 48.1 Å². The number of para-hydroxylation sites is 2. The number of carbonyl (C=O) groups is 2. The number of piperidine rings is 1. The van der Waals surface area contributed by atoms with Crippen LogP contribution < -0.4 is 16.0 Å². The third-order valence-corrected chi connectivity index (χ3v) is 7.11. The lowest BCUT2D eigenvalue weighted by Crippen LogP contribution is -2.45. The summed E-state index contributed by atoms with van der Waals surface area (Å²) in [4.78, 5) is 34.0. The highest BCUT2D eigenvalue weighted by Crippen LogP contribution is 2.40. The fourth-order valence-electron chi connectivity index (χ4n) is 5.15. The van der Waals surface area contributed by atoms with Crippen LogP contribution in [0.1, 0.15) is 35.2 Å². The second-order valence-corrected chi connectivity index (χ2v) is 9.68. The summed E-state index contributed by atoms with van der Waals surface area (Å²) in [6.07, 6.45) is 4.41. The maximum absolute atomic E-state index is 12.7. The molecule has 2 saturated heterocycles. The van der Waals surface area contributed by atoms with Crippen LogP contribution in [0.2, 0.25) is 0 Å². The molecule has 1 atom stereocenters. The molecular weight excluding hydrogens is 454 g/mol. The average Bonchev–Trinajstić information content (AvgIpc) is 3.32. The van der Waals surface area contributed by atoms with Crippen molar-refractivity contribution in [2.24, 2.45) is 5.41 Å². The van der Waals surface area contributed by atoms with Gasteiger partial charge in [0.15, 0.2) is 0 Å². The van der Waals surface area contributed by atoms with Crippen molar-refractivity contribution in [1.29, 1.82) is 0 Å². The maximum Gasteiger partial charge on any atom is 0.410 e. The number of nitrogen functional groups attached to an aromatic ring is 1. The molecule has 186 valence electrons. The van der Waals surface area contributed by atoms with Gasteiger partial charge >= 0.3 is 6.09 Å². The lowest BCUT2D eigenvalue weighted by Gasteiger charge is -2.40. The second kappa shape index (κ2) is 10.3. The van der Waals surface area contributed by atoms with E-state index in [1.165, 1.54) is 0 Å². The van der Waals surface area contributed by atoms with Gasteiger partial charge in [-0.2, -0.15) is 0 Å². The number of likely N-dealkylation sites (tertiary alicyclic amines) is 1. The van der Waals surface area contributed by atoms with Crippen LogP contribution in [-0.2, 0) is 11.3 Å². The standard InChI is InChI=1S/C28H31N5O3/c29-23-9-4-5-10-24(23)31-26(34)22-11-12-25(30-17-22)32-15-6-13-28(19-32)14-16-33(20-28)27(35)36-18-21-7-2-1-3-8-21/h1-5,7-12,17H,6,13-16,18-20,29H2,(H,31,34). The zero-order valence-corrected chi connectivity index (χ0v) is 20.2. The molecule has 3 aromatic rings. The van der Waals surface area contributed by atoms with Crippen molar-refractivity contribution in [3.63, 3.8) is 0 Å². The van der Waals surface area contributed by atoms with E-state index in [0.717, 1.165) is 43.7 Å². The number of benzene rings is 2. The van der Waals surface area contributed by atoms with E-state index >= 15 is 0 Å². The smallest absolute Gasteiger partial charge is 0.410 e. The largest absolute Gasteiger partial charge is 0.445 e. The van der Waals surface area contributed by atoms with Gasteiger partial charge in [-0.15, -0.1) is 0 Å². The molecule has 1 unspecified atom stereocenters. The van der Waals surface area contributed by atoms with Gasteiger partial charge in [0.2, 0.25) is 0 Å². The van der Waals surface area contributed by atoms with Crippen molar-refractivity contribution in [2.75, 3.05) is 42.1 Å². The zero-order chi connectivity index (χ0) is 25.0. The summed E-state index contributed by atoms with van der Waals surface area (Å²) >= 11 is 0. The summed E-state index contributed by atoms with van der Waals surface area (Å²) in [5.41, 5.74) is 8.52. The fraction of sp³-hybridized carbons (Fsp3) is 0.321. The van der Waals surface area contributed by atoms with Crippen molar-refractivity contribution >= 4 is 29.2 Å². The summed E-state index contributed by atoms with van der Waals surface area (Å²) in [5, 5.41) is 2.83. The number of nitrogens with zero attached hydrogens (tertiary/aromatic N) is 3. The summed E-state index contributed by atoms with van der Waals surface area (Å²) < 4.78 is 5.56. The Kier molecular flexibility index (Phi) is 6.75. The fourth-order valence-corrected chi connectivity index (χ4v) is 5.15. The van der Waals surface area contributed by atoms with Crippen LogP contribution in [0, 0.1) is 5.41 Å². The van der Waals surface area contributed by atoms with Crippen molar-refractivity contribution in [2.45, 2.75) is 25.9 Å². The molecule has 2 aliphatic heterocycles. The first-order valence-corrected chi connectivity index (χ1v) is 12.3. The Hall–Kier alpha value is -4.07. The number of anilines is 3. The van der Waals surface area contributed by atoms with Crippen molar-refractivity contribution in [1.82, 2.24) is 9.88 Å². The lowest BCUT2D eigenvalue weighted by molar-refractivity contribution is 0.0981. The molecule has 1 aromatic heterocycles. The van der Waals surface area contributed by atoms with Gasteiger partial charge in [-0.05, 0) is 49.1 Å². The Morgan fingerprint density at radius 2 is 1.78 bits per heavy atom. The van der Waals surface area contributed by atoms with Gasteiger partial charge in [0.05, 0.1) is 16.9 Å². The van der Waals surface area contributed by atoms with Crippen LogP contribution in [0.4, 0.5) is 22.0 Å². The molecule has 5 rings (SSSR count). The minimum Gasteiger partial charge on any atom is -0.445 e. The number of carbonyl (C=O) groups excluding carboxylic acids is 2. The number of pyridine rings is 1. The van der Waals surface area contributed by atoms with E-state index in [0.29, 0.717) is 30.0 Å². The van der Waals surface area contributed by atoms with E-state index < -0.39 is 0 Å². The quantitative estimate of drug-likeness (QED) is 0.515. The van der Waals surface area contributed by atoms with Crippen molar-refractivity contribution < 1.29 is 14.3 Å². The number of rotatable bonds is 5. The molecule has 8 nitrogen and oxygen atoms in total.